The molecule has 5 heteroatoms. The van der Waals surface area contributed by atoms with Crippen molar-refractivity contribution in [3.63, 3.8) is 0 Å². The molecule has 0 aliphatic carbocycles. The lowest BCUT2D eigenvalue weighted by molar-refractivity contribution is 0.0539. The van der Waals surface area contributed by atoms with Crippen LogP contribution in [0.1, 0.15) is 30.1 Å². The summed E-state index contributed by atoms with van der Waals surface area (Å²) in [6.45, 7) is 4.06. The van der Waals surface area contributed by atoms with Crippen LogP contribution in [0, 0.1) is 0 Å². The molecule has 1 heterocycles. The molecule has 0 bridgehead atoms. The fourth-order valence-electron chi connectivity index (χ4n) is 2.23. The summed E-state index contributed by atoms with van der Waals surface area (Å²) < 4.78 is 6.33. The fraction of sp³-hybridized carbons (Fsp3) is 0.500. The lowest BCUT2D eigenvalue weighted by Crippen LogP contribution is -2.37. The van der Waals surface area contributed by atoms with E-state index in [2.05, 4.69) is 15.9 Å². The van der Waals surface area contributed by atoms with E-state index in [1.807, 2.05) is 19.1 Å². The zero-order valence-electron chi connectivity index (χ0n) is 10.9. The third-order valence-electron chi connectivity index (χ3n) is 3.30. The van der Waals surface area contributed by atoms with Crippen LogP contribution in [0.5, 0.6) is 0 Å². The van der Waals surface area contributed by atoms with Gasteiger partial charge in [-0.3, -0.25) is 4.79 Å². The van der Waals surface area contributed by atoms with Gasteiger partial charge in [0.1, 0.15) is 0 Å². The fourth-order valence-corrected chi connectivity index (χ4v) is 2.80. The van der Waals surface area contributed by atoms with Gasteiger partial charge in [-0.1, -0.05) is 17.7 Å². The second-order valence-corrected chi connectivity index (χ2v) is 5.81. The zero-order valence-corrected chi connectivity index (χ0v) is 13.2. The van der Waals surface area contributed by atoms with Crippen LogP contribution in [0.2, 0.25) is 5.02 Å². The summed E-state index contributed by atoms with van der Waals surface area (Å²) in [5, 5.41) is 0.471. The number of benzene rings is 1. The van der Waals surface area contributed by atoms with Crippen LogP contribution < -0.4 is 0 Å². The number of amides is 1. The van der Waals surface area contributed by atoms with Gasteiger partial charge in [0.05, 0.1) is 16.7 Å². The Morgan fingerprint density at radius 1 is 1.58 bits per heavy atom. The molecule has 1 aromatic rings. The Kier molecular flexibility index (Phi) is 5.25. The number of carbonyl (C=O) groups is 1. The zero-order chi connectivity index (χ0) is 13.8. The number of rotatable bonds is 4. The largest absolute Gasteiger partial charge is 0.376 e. The van der Waals surface area contributed by atoms with E-state index in [9.17, 15) is 4.79 Å². The summed E-state index contributed by atoms with van der Waals surface area (Å²) in [6, 6.07) is 5.41. The van der Waals surface area contributed by atoms with Gasteiger partial charge in [-0.05, 0) is 47.8 Å². The number of carbonyl (C=O) groups excluding carboxylic acids is 1. The summed E-state index contributed by atoms with van der Waals surface area (Å²) in [5.74, 6) is -0.0377. The van der Waals surface area contributed by atoms with E-state index in [0.29, 0.717) is 23.7 Å². The summed E-state index contributed by atoms with van der Waals surface area (Å²) in [4.78, 5) is 14.3. The van der Waals surface area contributed by atoms with Crippen molar-refractivity contribution < 1.29 is 9.53 Å². The smallest absolute Gasteiger partial charge is 0.255 e. The Morgan fingerprint density at radius 3 is 3.00 bits per heavy atom. The first-order valence-corrected chi connectivity index (χ1v) is 7.65. The number of hydrogen-bond acceptors (Lipinski definition) is 2. The summed E-state index contributed by atoms with van der Waals surface area (Å²) in [6.07, 6.45) is 2.26. The van der Waals surface area contributed by atoms with Gasteiger partial charge in [0.2, 0.25) is 0 Å². The van der Waals surface area contributed by atoms with Gasteiger partial charge in [-0.25, -0.2) is 0 Å². The molecule has 104 valence electrons. The van der Waals surface area contributed by atoms with Crippen molar-refractivity contribution in [1.82, 2.24) is 4.90 Å². The van der Waals surface area contributed by atoms with Gasteiger partial charge in [0, 0.05) is 24.2 Å². The molecule has 1 atom stereocenters. The molecule has 1 aliphatic rings. The van der Waals surface area contributed by atoms with E-state index in [0.717, 1.165) is 23.9 Å². The van der Waals surface area contributed by atoms with Gasteiger partial charge in [0.25, 0.3) is 5.91 Å². The average molecular weight is 347 g/mol. The summed E-state index contributed by atoms with van der Waals surface area (Å²) in [5.41, 5.74) is 0.538. The van der Waals surface area contributed by atoms with Crippen molar-refractivity contribution in [3.8, 4) is 0 Å². The van der Waals surface area contributed by atoms with Crippen molar-refractivity contribution in [2.75, 3.05) is 19.7 Å². The molecule has 0 saturated carbocycles. The first-order valence-electron chi connectivity index (χ1n) is 6.48. The first kappa shape index (κ1) is 14.8. The maximum Gasteiger partial charge on any atom is 0.255 e. The molecule has 1 saturated heterocycles. The number of nitrogens with zero attached hydrogens (tertiary/aromatic N) is 1. The van der Waals surface area contributed by atoms with E-state index < -0.39 is 0 Å². The predicted molar refractivity (Wildman–Crippen MR) is 79.7 cm³/mol. The van der Waals surface area contributed by atoms with Crippen LogP contribution in [0.4, 0.5) is 0 Å². The Morgan fingerprint density at radius 2 is 2.37 bits per heavy atom. The number of halogens is 2. The Bertz CT molecular complexity index is 461. The highest BCUT2D eigenvalue weighted by atomic mass is 79.9. The highest BCUT2D eigenvalue weighted by molar-refractivity contribution is 9.10. The van der Waals surface area contributed by atoms with Crippen LogP contribution in [-0.2, 0) is 4.74 Å². The molecular weight excluding hydrogens is 330 g/mol. The highest BCUT2D eigenvalue weighted by Crippen LogP contribution is 2.27. The van der Waals surface area contributed by atoms with E-state index in [1.54, 1.807) is 11.0 Å². The molecule has 0 N–H and O–H groups in total. The van der Waals surface area contributed by atoms with Crippen LogP contribution in [0.25, 0.3) is 0 Å². The molecule has 2 rings (SSSR count). The second kappa shape index (κ2) is 6.73. The van der Waals surface area contributed by atoms with Crippen LogP contribution in [0.15, 0.2) is 22.7 Å². The summed E-state index contributed by atoms with van der Waals surface area (Å²) >= 11 is 9.53. The van der Waals surface area contributed by atoms with Crippen LogP contribution in [-0.4, -0.2) is 36.6 Å². The maximum absolute atomic E-state index is 12.5. The SMILES string of the molecule is CCN(CC1CCCO1)C(=O)c1cccc(Br)c1Cl. The van der Waals surface area contributed by atoms with Crippen LogP contribution in [0.3, 0.4) is 0 Å². The van der Waals surface area contributed by atoms with E-state index >= 15 is 0 Å². The number of ether oxygens (including phenoxy) is 1. The summed E-state index contributed by atoms with van der Waals surface area (Å²) in [7, 11) is 0. The lowest BCUT2D eigenvalue weighted by atomic mass is 10.1. The Hall–Kier alpha value is -0.580. The molecule has 1 aliphatic heterocycles. The standard InChI is InChI=1S/C14H17BrClNO2/c1-2-17(9-10-5-4-8-19-10)14(18)11-6-3-7-12(15)13(11)16/h3,6-7,10H,2,4-5,8-9H2,1H3. The molecule has 0 spiro atoms. The molecule has 1 fully saturated rings. The molecule has 0 aromatic heterocycles. The van der Waals surface area contributed by atoms with Crippen molar-refractivity contribution >= 4 is 33.4 Å². The van der Waals surface area contributed by atoms with E-state index in [-0.39, 0.29) is 12.0 Å². The first-order chi connectivity index (χ1) is 9.13. The maximum atomic E-state index is 12.5. The molecule has 1 amide bonds. The minimum Gasteiger partial charge on any atom is -0.376 e. The normalized spacial score (nSPS) is 18.6. The third-order valence-corrected chi connectivity index (χ3v) is 4.60. The van der Waals surface area contributed by atoms with E-state index in [4.69, 9.17) is 16.3 Å². The van der Waals surface area contributed by atoms with Gasteiger partial charge < -0.3 is 9.64 Å². The van der Waals surface area contributed by atoms with Gasteiger partial charge >= 0.3 is 0 Å². The lowest BCUT2D eigenvalue weighted by Gasteiger charge is -2.24. The average Bonchev–Trinajstić information content (AvgIpc) is 2.91. The van der Waals surface area contributed by atoms with Crippen molar-refractivity contribution in [3.05, 3.63) is 33.3 Å². The van der Waals surface area contributed by atoms with Gasteiger partial charge in [0.15, 0.2) is 0 Å². The highest BCUT2D eigenvalue weighted by Gasteiger charge is 2.23. The van der Waals surface area contributed by atoms with E-state index in [1.165, 1.54) is 0 Å². The van der Waals surface area contributed by atoms with Crippen LogP contribution >= 0.6 is 27.5 Å². The Balaban J connectivity index is 2.13. The van der Waals surface area contributed by atoms with Crippen molar-refractivity contribution in [2.24, 2.45) is 0 Å². The second-order valence-electron chi connectivity index (χ2n) is 4.58. The van der Waals surface area contributed by atoms with Crippen molar-refractivity contribution in [1.29, 1.82) is 0 Å². The van der Waals surface area contributed by atoms with Crippen molar-refractivity contribution in [2.45, 2.75) is 25.9 Å². The molecule has 1 unspecified atom stereocenters. The minimum atomic E-state index is -0.0377. The molecular formula is C14H17BrClNO2. The Labute approximate surface area is 127 Å². The predicted octanol–water partition coefficient (Wildman–Crippen LogP) is 3.74. The molecule has 19 heavy (non-hydrogen) atoms. The van der Waals surface area contributed by atoms with Gasteiger partial charge in [-0.2, -0.15) is 0 Å². The third kappa shape index (κ3) is 3.50. The quantitative estimate of drug-likeness (QED) is 0.831. The molecule has 1 aromatic carbocycles. The topological polar surface area (TPSA) is 29.5 Å². The monoisotopic (exact) mass is 345 g/mol. The molecule has 3 nitrogen and oxygen atoms in total. The number of hydrogen-bond donors (Lipinski definition) is 0. The minimum absolute atomic E-state index is 0.0377. The number of likely N-dealkylation sites (N-methyl/N-ethyl adjacent to an activating group) is 1. The van der Waals surface area contributed by atoms with Gasteiger partial charge in [-0.15, -0.1) is 0 Å². The molecule has 0 radical (unpaired) electrons.